The van der Waals surface area contributed by atoms with E-state index >= 15 is 0 Å². The van der Waals surface area contributed by atoms with Crippen molar-refractivity contribution in [2.75, 3.05) is 19.6 Å². The number of likely N-dealkylation sites (tertiary alicyclic amines) is 1. The fourth-order valence-corrected chi connectivity index (χ4v) is 4.82. The number of carbonyl (C=O) groups excluding carboxylic acids is 2. The number of carbonyl (C=O) groups is 2. The summed E-state index contributed by atoms with van der Waals surface area (Å²) in [5.74, 6) is 0.922. The molecule has 5 nitrogen and oxygen atoms in total. The van der Waals surface area contributed by atoms with Crippen molar-refractivity contribution in [2.45, 2.75) is 39.5 Å². The van der Waals surface area contributed by atoms with Crippen LogP contribution in [0.2, 0.25) is 0 Å². The number of benzene rings is 1. The van der Waals surface area contributed by atoms with Crippen LogP contribution in [0, 0.1) is 17.3 Å². The second-order valence-electron chi connectivity index (χ2n) is 8.90. The van der Waals surface area contributed by atoms with Crippen molar-refractivity contribution < 1.29 is 9.59 Å². The Bertz CT molecular complexity index is 914. The molecule has 0 spiro atoms. The van der Waals surface area contributed by atoms with Gasteiger partial charge in [-0.1, -0.05) is 37.3 Å². The topological polar surface area (TPSA) is 62.3 Å². The number of pyridine rings is 1. The number of hydrogen-bond donors (Lipinski definition) is 1. The molecule has 3 atom stereocenters. The molecule has 1 aromatic heterocycles. The minimum Gasteiger partial charge on any atom is -0.356 e. The van der Waals surface area contributed by atoms with Gasteiger partial charge in [-0.05, 0) is 55.7 Å². The second kappa shape index (κ2) is 8.58. The van der Waals surface area contributed by atoms with Gasteiger partial charge >= 0.3 is 0 Å². The first-order valence-electron chi connectivity index (χ1n) is 11.1. The SMILES string of the molecule is CCNC(=O)[C@]1(Cc2ccccc2-c2cccnc2)CCCN(C(=O)[C@H]2C[C@H]2C)C1. The highest BCUT2D eigenvalue weighted by Gasteiger charge is 2.47. The van der Waals surface area contributed by atoms with Crippen molar-refractivity contribution in [3.63, 3.8) is 0 Å². The van der Waals surface area contributed by atoms with Gasteiger partial charge in [0.25, 0.3) is 0 Å². The van der Waals surface area contributed by atoms with Crippen LogP contribution in [-0.4, -0.2) is 41.3 Å². The van der Waals surface area contributed by atoms with Gasteiger partial charge in [-0.25, -0.2) is 0 Å². The summed E-state index contributed by atoms with van der Waals surface area (Å²) in [6.07, 6.45) is 6.89. The molecule has 2 amide bonds. The average molecular weight is 406 g/mol. The molecule has 1 aliphatic heterocycles. The normalized spacial score (nSPS) is 25.6. The molecule has 30 heavy (non-hydrogen) atoms. The van der Waals surface area contributed by atoms with Gasteiger partial charge < -0.3 is 10.2 Å². The minimum atomic E-state index is -0.597. The average Bonchev–Trinajstić information content (AvgIpc) is 3.51. The number of rotatable bonds is 6. The maximum absolute atomic E-state index is 13.3. The molecule has 0 unspecified atom stereocenters. The molecule has 1 aromatic carbocycles. The third-order valence-corrected chi connectivity index (χ3v) is 6.65. The van der Waals surface area contributed by atoms with Crippen molar-refractivity contribution in [3.05, 3.63) is 54.4 Å². The Hall–Kier alpha value is -2.69. The van der Waals surface area contributed by atoms with Crippen LogP contribution in [0.25, 0.3) is 11.1 Å². The Morgan fingerprint density at radius 3 is 2.73 bits per heavy atom. The molecule has 5 heteroatoms. The van der Waals surface area contributed by atoms with Crippen molar-refractivity contribution in [3.8, 4) is 11.1 Å². The van der Waals surface area contributed by atoms with E-state index in [1.807, 2.05) is 36.2 Å². The van der Waals surface area contributed by atoms with Crippen molar-refractivity contribution in [1.82, 2.24) is 15.2 Å². The summed E-state index contributed by atoms with van der Waals surface area (Å²) in [7, 11) is 0. The molecule has 2 fully saturated rings. The first-order chi connectivity index (χ1) is 14.5. The summed E-state index contributed by atoms with van der Waals surface area (Å²) in [5.41, 5.74) is 2.69. The fraction of sp³-hybridized carbons (Fsp3) is 0.480. The van der Waals surface area contributed by atoms with Gasteiger partial charge in [0, 0.05) is 43.5 Å². The van der Waals surface area contributed by atoms with Crippen LogP contribution in [0.15, 0.2) is 48.8 Å². The number of aromatic nitrogens is 1. The Balaban J connectivity index is 1.65. The number of hydrogen-bond acceptors (Lipinski definition) is 3. The molecular weight excluding hydrogens is 374 g/mol. The van der Waals surface area contributed by atoms with Gasteiger partial charge in [0.2, 0.25) is 11.8 Å². The van der Waals surface area contributed by atoms with Crippen LogP contribution in [0.1, 0.15) is 38.7 Å². The first-order valence-corrected chi connectivity index (χ1v) is 11.1. The highest BCUT2D eigenvalue weighted by atomic mass is 16.2. The van der Waals surface area contributed by atoms with E-state index in [9.17, 15) is 9.59 Å². The van der Waals surface area contributed by atoms with Gasteiger partial charge in [0.15, 0.2) is 0 Å². The van der Waals surface area contributed by atoms with Crippen LogP contribution in [0.3, 0.4) is 0 Å². The molecule has 1 saturated carbocycles. The number of nitrogens with one attached hydrogen (secondary N) is 1. The predicted octanol–water partition coefficient (Wildman–Crippen LogP) is 3.69. The summed E-state index contributed by atoms with van der Waals surface area (Å²) >= 11 is 0. The van der Waals surface area contributed by atoms with Crippen molar-refractivity contribution >= 4 is 11.8 Å². The highest BCUT2D eigenvalue weighted by Crippen LogP contribution is 2.42. The molecule has 2 aromatic rings. The Morgan fingerprint density at radius 1 is 1.23 bits per heavy atom. The van der Waals surface area contributed by atoms with Gasteiger partial charge in [-0.15, -0.1) is 0 Å². The number of amides is 2. The monoisotopic (exact) mass is 405 g/mol. The minimum absolute atomic E-state index is 0.0623. The summed E-state index contributed by atoms with van der Waals surface area (Å²) in [4.78, 5) is 32.5. The Kier molecular flexibility index (Phi) is 5.89. The summed E-state index contributed by atoms with van der Waals surface area (Å²) in [6.45, 7) is 5.94. The largest absolute Gasteiger partial charge is 0.356 e. The zero-order valence-electron chi connectivity index (χ0n) is 17.9. The molecule has 0 bridgehead atoms. The van der Waals surface area contributed by atoms with E-state index in [2.05, 4.69) is 35.4 Å². The second-order valence-corrected chi connectivity index (χ2v) is 8.90. The standard InChI is InChI=1S/C25H31N3O2/c1-3-27-24(30)25(11-7-13-28(17-25)23(29)22-14-18(22)2)15-19-8-4-5-10-21(19)20-9-6-12-26-16-20/h4-6,8-10,12,16,18,22H,3,7,11,13-15,17H2,1-2H3,(H,27,30)/t18-,22+,25+/m1/s1. The quantitative estimate of drug-likeness (QED) is 0.797. The van der Waals surface area contributed by atoms with Gasteiger partial charge in [0.05, 0.1) is 5.41 Å². The molecule has 2 heterocycles. The van der Waals surface area contributed by atoms with E-state index in [1.165, 1.54) is 0 Å². The summed E-state index contributed by atoms with van der Waals surface area (Å²) < 4.78 is 0. The molecule has 1 saturated heterocycles. The Labute approximate surface area is 178 Å². The van der Waals surface area contributed by atoms with Crippen molar-refractivity contribution in [1.29, 1.82) is 0 Å². The fourth-order valence-electron chi connectivity index (χ4n) is 4.82. The van der Waals surface area contributed by atoms with Crippen LogP contribution in [0.5, 0.6) is 0 Å². The van der Waals surface area contributed by atoms with E-state index in [0.29, 0.717) is 25.4 Å². The van der Waals surface area contributed by atoms with E-state index in [4.69, 9.17) is 0 Å². The highest BCUT2D eigenvalue weighted by molar-refractivity contribution is 5.86. The van der Waals surface area contributed by atoms with Crippen molar-refractivity contribution in [2.24, 2.45) is 17.3 Å². The summed E-state index contributed by atoms with van der Waals surface area (Å²) in [5, 5.41) is 3.06. The maximum Gasteiger partial charge on any atom is 0.228 e. The van der Waals surface area contributed by atoms with Crippen LogP contribution < -0.4 is 5.32 Å². The Morgan fingerprint density at radius 2 is 2.03 bits per heavy atom. The van der Waals surface area contributed by atoms with E-state index in [-0.39, 0.29) is 17.7 Å². The molecular formula is C25H31N3O2. The zero-order valence-corrected chi connectivity index (χ0v) is 17.9. The zero-order chi connectivity index (χ0) is 21.1. The molecule has 158 valence electrons. The van der Waals surface area contributed by atoms with Crippen LogP contribution >= 0.6 is 0 Å². The van der Waals surface area contributed by atoms with Gasteiger partial charge in [-0.3, -0.25) is 14.6 Å². The molecule has 2 aliphatic rings. The van der Waals surface area contributed by atoms with Gasteiger partial charge in [0.1, 0.15) is 0 Å². The third-order valence-electron chi connectivity index (χ3n) is 6.65. The first kappa shape index (κ1) is 20.6. The lowest BCUT2D eigenvalue weighted by Gasteiger charge is -2.42. The lowest BCUT2D eigenvalue weighted by atomic mass is 9.73. The molecule has 1 N–H and O–H groups in total. The number of piperidine rings is 1. The predicted molar refractivity (Wildman–Crippen MR) is 118 cm³/mol. The molecule has 1 aliphatic carbocycles. The van der Waals surface area contributed by atoms with Gasteiger partial charge in [-0.2, -0.15) is 0 Å². The van der Waals surface area contributed by atoms with Crippen LogP contribution in [0.4, 0.5) is 0 Å². The molecule has 4 rings (SSSR count). The van der Waals surface area contributed by atoms with Crippen LogP contribution in [-0.2, 0) is 16.0 Å². The lowest BCUT2D eigenvalue weighted by molar-refractivity contribution is -0.142. The third kappa shape index (κ3) is 4.11. The van der Waals surface area contributed by atoms with E-state index in [0.717, 1.165) is 42.5 Å². The maximum atomic E-state index is 13.3. The van der Waals surface area contributed by atoms with E-state index < -0.39 is 5.41 Å². The summed E-state index contributed by atoms with van der Waals surface area (Å²) in [6, 6.07) is 12.2. The molecule has 0 radical (unpaired) electrons. The smallest absolute Gasteiger partial charge is 0.228 e. The lowest BCUT2D eigenvalue weighted by Crippen LogP contribution is -2.54. The number of nitrogens with zero attached hydrogens (tertiary/aromatic N) is 2. The van der Waals surface area contributed by atoms with E-state index in [1.54, 1.807) is 6.20 Å².